The van der Waals surface area contributed by atoms with Gasteiger partial charge in [-0.2, -0.15) is 5.26 Å². The molecular weight excluding hydrogens is 346 g/mol. The monoisotopic (exact) mass is 357 g/mol. The molecule has 0 aliphatic carbocycles. The Morgan fingerprint density at radius 2 is 2.00 bits per heavy atom. The number of ether oxygens (including phenoxy) is 1. The Labute approximate surface area is 148 Å². The Balaban J connectivity index is 2.21. The highest BCUT2D eigenvalue weighted by Gasteiger charge is 2.14. The molecule has 2 rings (SSSR count). The minimum Gasteiger partial charge on any atom is -0.497 e. The standard InChI is InChI=1S/C17H12ClN3O4/c1-25-14-5-2-11(3-6-14)8-12(10-19)17(22)20-16-7-4-13(21(23)24)9-15(16)18/h2-9H,1H3,(H,20,22)/b12-8-. The number of nitriles is 1. The second-order valence-corrected chi connectivity index (χ2v) is 5.23. The summed E-state index contributed by atoms with van der Waals surface area (Å²) in [5.41, 5.74) is 0.479. The molecular formula is C17H12ClN3O4. The van der Waals surface area contributed by atoms with Crippen molar-refractivity contribution in [3.63, 3.8) is 0 Å². The first-order valence-corrected chi connectivity index (χ1v) is 7.33. The molecule has 0 heterocycles. The van der Waals surface area contributed by atoms with E-state index in [-0.39, 0.29) is 22.0 Å². The van der Waals surface area contributed by atoms with E-state index in [0.717, 1.165) is 6.07 Å². The summed E-state index contributed by atoms with van der Waals surface area (Å²) in [7, 11) is 1.53. The first kappa shape index (κ1) is 18.0. The number of hydrogen-bond acceptors (Lipinski definition) is 5. The maximum atomic E-state index is 12.2. The van der Waals surface area contributed by atoms with E-state index in [1.54, 1.807) is 24.3 Å². The number of nitrogens with one attached hydrogen (secondary N) is 1. The van der Waals surface area contributed by atoms with E-state index in [9.17, 15) is 20.2 Å². The molecule has 0 unspecified atom stereocenters. The zero-order valence-corrected chi connectivity index (χ0v) is 13.8. The first-order valence-electron chi connectivity index (χ1n) is 6.95. The molecule has 0 saturated carbocycles. The molecule has 2 aromatic rings. The van der Waals surface area contributed by atoms with Crippen molar-refractivity contribution in [2.75, 3.05) is 12.4 Å². The summed E-state index contributed by atoms with van der Waals surface area (Å²) in [4.78, 5) is 22.3. The number of hydrogen-bond donors (Lipinski definition) is 1. The molecule has 8 heteroatoms. The van der Waals surface area contributed by atoms with E-state index in [1.165, 1.54) is 25.3 Å². The highest BCUT2D eigenvalue weighted by atomic mass is 35.5. The molecule has 25 heavy (non-hydrogen) atoms. The van der Waals surface area contributed by atoms with Gasteiger partial charge in [-0.25, -0.2) is 0 Å². The summed E-state index contributed by atoms with van der Waals surface area (Å²) in [5.74, 6) is -0.0214. The summed E-state index contributed by atoms with van der Waals surface area (Å²) in [6.07, 6.45) is 1.41. The van der Waals surface area contributed by atoms with Gasteiger partial charge in [-0.15, -0.1) is 0 Å². The van der Waals surface area contributed by atoms with Gasteiger partial charge in [0.1, 0.15) is 17.4 Å². The van der Waals surface area contributed by atoms with Crippen LogP contribution in [0.15, 0.2) is 48.0 Å². The van der Waals surface area contributed by atoms with E-state index >= 15 is 0 Å². The van der Waals surface area contributed by atoms with E-state index in [4.69, 9.17) is 16.3 Å². The molecule has 0 atom stereocenters. The topological polar surface area (TPSA) is 105 Å². The van der Waals surface area contributed by atoms with Crippen LogP contribution in [0.3, 0.4) is 0 Å². The van der Waals surface area contributed by atoms with Crippen molar-refractivity contribution in [1.82, 2.24) is 0 Å². The van der Waals surface area contributed by atoms with E-state index in [2.05, 4.69) is 5.32 Å². The molecule has 7 nitrogen and oxygen atoms in total. The van der Waals surface area contributed by atoms with Crippen LogP contribution in [0, 0.1) is 21.4 Å². The van der Waals surface area contributed by atoms with Crippen molar-refractivity contribution in [3.05, 3.63) is 68.7 Å². The number of anilines is 1. The van der Waals surface area contributed by atoms with Crippen LogP contribution in [0.2, 0.25) is 5.02 Å². The van der Waals surface area contributed by atoms with Crippen molar-refractivity contribution in [2.24, 2.45) is 0 Å². The van der Waals surface area contributed by atoms with Gasteiger partial charge in [0, 0.05) is 12.1 Å². The second-order valence-electron chi connectivity index (χ2n) is 4.82. The van der Waals surface area contributed by atoms with Crippen LogP contribution in [0.5, 0.6) is 5.75 Å². The highest BCUT2D eigenvalue weighted by molar-refractivity contribution is 6.34. The largest absolute Gasteiger partial charge is 0.497 e. The Kier molecular flexibility index (Phi) is 5.71. The fourth-order valence-electron chi connectivity index (χ4n) is 1.92. The Bertz CT molecular complexity index is 886. The summed E-state index contributed by atoms with van der Waals surface area (Å²) < 4.78 is 5.04. The molecule has 0 radical (unpaired) electrons. The highest BCUT2D eigenvalue weighted by Crippen LogP contribution is 2.27. The van der Waals surface area contributed by atoms with Crippen molar-refractivity contribution in [2.45, 2.75) is 0 Å². The number of benzene rings is 2. The maximum Gasteiger partial charge on any atom is 0.271 e. The molecule has 0 spiro atoms. The molecule has 0 bridgehead atoms. The van der Waals surface area contributed by atoms with Crippen molar-refractivity contribution < 1.29 is 14.5 Å². The Morgan fingerprint density at radius 3 is 2.52 bits per heavy atom. The fraction of sp³-hybridized carbons (Fsp3) is 0.0588. The number of carbonyl (C=O) groups excluding carboxylic acids is 1. The number of carbonyl (C=O) groups is 1. The predicted octanol–water partition coefficient (Wildman–Crippen LogP) is 3.80. The number of nitro benzene ring substituents is 1. The average molecular weight is 358 g/mol. The number of methoxy groups -OCH3 is 1. The number of amides is 1. The van der Waals surface area contributed by atoms with E-state index < -0.39 is 10.8 Å². The normalized spacial score (nSPS) is 10.7. The summed E-state index contributed by atoms with van der Waals surface area (Å²) in [5, 5.41) is 22.4. The van der Waals surface area contributed by atoms with Crippen LogP contribution >= 0.6 is 11.6 Å². The number of halogens is 1. The van der Waals surface area contributed by atoms with Crippen molar-refractivity contribution >= 4 is 35.0 Å². The van der Waals surface area contributed by atoms with Crippen LogP contribution in [-0.2, 0) is 4.79 Å². The van der Waals surface area contributed by atoms with Gasteiger partial charge in [0.15, 0.2) is 0 Å². The van der Waals surface area contributed by atoms with Crippen LogP contribution in [-0.4, -0.2) is 17.9 Å². The Hall–Kier alpha value is -3.37. The summed E-state index contributed by atoms with van der Waals surface area (Å²) in [6, 6.07) is 12.2. The third-order valence-electron chi connectivity index (χ3n) is 3.20. The quantitative estimate of drug-likeness (QED) is 0.379. The van der Waals surface area contributed by atoms with Gasteiger partial charge in [-0.3, -0.25) is 14.9 Å². The molecule has 1 N–H and O–H groups in total. The van der Waals surface area contributed by atoms with E-state index in [0.29, 0.717) is 11.3 Å². The van der Waals surface area contributed by atoms with Crippen LogP contribution in [0.25, 0.3) is 6.08 Å². The zero-order chi connectivity index (χ0) is 18.4. The summed E-state index contributed by atoms with van der Waals surface area (Å²) >= 11 is 5.92. The van der Waals surface area contributed by atoms with Crippen molar-refractivity contribution in [1.29, 1.82) is 5.26 Å². The smallest absolute Gasteiger partial charge is 0.271 e. The third-order valence-corrected chi connectivity index (χ3v) is 3.52. The fourth-order valence-corrected chi connectivity index (χ4v) is 2.15. The molecule has 0 aliphatic heterocycles. The molecule has 1 amide bonds. The van der Waals surface area contributed by atoms with Gasteiger partial charge in [-0.1, -0.05) is 23.7 Å². The number of rotatable bonds is 5. The average Bonchev–Trinajstić information content (AvgIpc) is 2.61. The van der Waals surface area contributed by atoms with Gasteiger partial charge >= 0.3 is 0 Å². The molecule has 126 valence electrons. The van der Waals surface area contributed by atoms with Gasteiger partial charge in [0.25, 0.3) is 11.6 Å². The lowest BCUT2D eigenvalue weighted by molar-refractivity contribution is -0.384. The zero-order valence-electron chi connectivity index (χ0n) is 13.0. The van der Waals surface area contributed by atoms with Gasteiger partial charge in [0.2, 0.25) is 0 Å². The molecule has 0 aliphatic rings. The predicted molar refractivity (Wildman–Crippen MR) is 93.3 cm³/mol. The maximum absolute atomic E-state index is 12.2. The van der Waals surface area contributed by atoms with Crippen LogP contribution < -0.4 is 10.1 Å². The van der Waals surface area contributed by atoms with E-state index in [1.807, 2.05) is 6.07 Å². The number of nitrogens with zero attached hydrogens (tertiary/aromatic N) is 2. The third kappa shape index (κ3) is 4.56. The molecule has 2 aromatic carbocycles. The lowest BCUT2D eigenvalue weighted by Crippen LogP contribution is -2.13. The van der Waals surface area contributed by atoms with Crippen LogP contribution in [0.4, 0.5) is 11.4 Å². The lowest BCUT2D eigenvalue weighted by atomic mass is 10.1. The second kappa shape index (κ2) is 7.95. The lowest BCUT2D eigenvalue weighted by Gasteiger charge is -2.06. The van der Waals surface area contributed by atoms with Gasteiger partial charge < -0.3 is 10.1 Å². The van der Waals surface area contributed by atoms with Crippen molar-refractivity contribution in [3.8, 4) is 11.8 Å². The minimum atomic E-state index is -0.672. The van der Waals surface area contributed by atoms with Crippen LogP contribution in [0.1, 0.15) is 5.56 Å². The molecule has 0 fully saturated rings. The first-order chi connectivity index (χ1) is 11.9. The molecule has 0 saturated heterocycles. The Morgan fingerprint density at radius 1 is 1.32 bits per heavy atom. The number of nitro groups is 1. The summed E-state index contributed by atoms with van der Waals surface area (Å²) in [6.45, 7) is 0. The van der Waals surface area contributed by atoms with Gasteiger partial charge in [0.05, 0.1) is 22.7 Å². The molecule has 0 aromatic heterocycles. The number of non-ortho nitro benzene ring substituents is 1. The SMILES string of the molecule is COc1ccc(/C=C(/C#N)C(=O)Nc2ccc([N+](=O)[O-])cc2Cl)cc1. The minimum absolute atomic E-state index is 0.00397. The van der Waals surface area contributed by atoms with Gasteiger partial charge in [-0.05, 0) is 29.8 Å².